The van der Waals surface area contributed by atoms with Crippen molar-refractivity contribution in [3.05, 3.63) is 71.7 Å². The van der Waals surface area contributed by atoms with Gasteiger partial charge in [0, 0.05) is 12.4 Å². The predicted molar refractivity (Wildman–Crippen MR) is 101 cm³/mol. The van der Waals surface area contributed by atoms with Crippen LogP contribution >= 0.6 is 23.2 Å². The van der Waals surface area contributed by atoms with Crippen LogP contribution in [0.25, 0.3) is 0 Å². The summed E-state index contributed by atoms with van der Waals surface area (Å²) in [5.74, 6) is 1.07. The molecule has 7 N–H and O–H groups in total. The first kappa shape index (κ1) is 19.8. The van der Waals surface area contributed by atoms with Gasteiger partial charge in [-0.25, -0.2) is 9.97 Å². The van der Waals surface area contributed by atoms with E-state index in [9.17, 15) is 0 Å². The van der Waals surface area contributed by atoms with E-state index in [4.69, 9.17) is 40.4 Å². The molecule has 0 aromatic carbocycles. The van der Waals surface area contributed by atoms with E-state index in [2.05, 4.69) is 15.3 Å². The zero-order valence-corrected chi connectivity index (χ0v) is 14.7. The third-order valence-corrected chi connectivity index (χ3v) is 2.99. The van der Waals surface area contributed by atoms with Gasteiger partial charge in [0.2, 0.25) is 0 Å². The molecular weight excluding hydrogens is 347 g/mol. The molecule has 1 aliphatic rings. The summed E-state index contributed by atoms with van der Waals surface area (Å²) in [5.41, 5.74) is 17.1. The van der Waals surface area contributed by atoms with Crippen molar-refractivity contribution in [3.8, 4) is 0 Å². The fourth-order valence-corrected chi connectivity index (χ4v) is 1.59. The number of nitrogens with two attached hydrogens (primary N) is 3. The molecule has 24 heavy (non-hydrogen) atoms. The minimum Gasteiger partial charge on any atom is -0.384 e. The highest BCUT2D eigenvalue weighted by atomic mass is 35.5. The number of nitrogen functional groups attached to an aromatic ring is 2. The van der Waals surface area contributed by atoms with E-state index in [0.717, 1.165) is 5.56 Å². The lowest BCUT2D eigenvalue weighted by Crippen LogP contribution is -2.44. The number of alkyl halides is 1. The van der Waals surface area contributed by atoms with Gasteiger partial charge < -0.3 is 16.8 Å². The second-order valence-corrected chi connectivity index (χ2v) is 5.85. The molecular formula is C16H20Cl2N6. The minimum absolute atomic E-state index is 0.495. The van der Waals surface area contributed by atoms with Crippen molar-refractivity contribution in [2.75, 3.05) is 11.5 Å². The summed E-state index contributed by atoms with van der Waals surface area (Å²) in [5, 5.41) is 2.48. The summed E-state index contributed by atoms with van der Waals surface area (Å²) in [7, 11) is 0. The molecule has 0 saturated heterocycles. The van der Waals surface area contributed by atoms with Gasteiger partial charge in [0.15, 0.2) is 5.12 Å². The first-order valence-corrected chi connectivity index (χ1v) is 7.69. The molecule has 3 heterocycles. The van der Waals surface area contributed by atoms with E-state index >= 15 is 0 Å². The van der Waals surface area contributed by atoms with Crippen molar-refractivity contribution in [2.24, 2.45) is 5.73 Å². The summed E-state index contributed by atoms with van der Waals surface area (Å²) in [6.07, 6.45) is 10.3. The number of dihydropyridines is 1. The van der Waals surface area contributed by atoms with Gasteiger partial charge in [-0.3, -0.25) is 5.73 Å². The average Bonchev–Trinajstić information content (AvgIpc) is 2.54. The first-order valence-electron chi connectivity index (χ1n) is 6.93. The molecule has 0 aliphatic carbocycles. The lowest BCUT2D eigenvalue weighted by Gasteiger charge is -2.19. The van der Waals surface area contributed by atoms with Crippen LogP contribution in [-0.2, 0) is 0 Å². The SMILES string of the molecule is Cc1ccc(N)nc1.NC1(Cl)C=CC=CN1.Nc1ccc(Cl)cn1. The number of nitrogens with one attached hydrogen (secondary N) is 1. The van der Waals surface area contributed by atoms with Crippen LogP contribution < -0.4 is 22.5 Å². The summed E-state index contributed by atoms with van der Waals surface area (Å²) in [6, 6.07) is 7.07. The average molecular weight is 367 g/mol. The maximum atomic E-state index is 5.60. The van der Waals surface area contributed by atoms with Crippen LogP contribution in [0.15, 0.2) is 61.1 Å². The predicted octanol–water partition coefficient (Wildman–Crippen LogP) is 2.80. The monoisotopic (exact) mass is 366 g/mol. The summed E-state index contributed by atoms with van der Waals surface area (Å²) in [6.45, 7) is 1.98. The summed E-state index contributed by atoms with van der Waals surface area (Å²) in [4.78, 5) is 7.58. The zero-order chi connectivity index (χ0) is 18.0. The van der Waals surface area contributed by atoms with E-state index in [1.807, 2.05) is 19.1 Å². The molecule has 0 bridgehead atoms. The van der Waals surface area contributed by atoms with Gasteiger partial charge in [-0.2, -0.15) is 0 Å². The number of pyridine rings is 2. The van der Waals surface area contributed by atoms with Crippen LogP contribution in [0.5, 0.6) is 0 Å². The molecule has 6 nitrogen and oxygen atoms in total. The van der Waals surface area contributed by atoms with Crippen LogP contribution in [0.3, 0.4) is 0 Å². The fraction of sp³-hybridized carbons (Fsp3) is 0.125. The van der Waals surface area contributed by atoms with Gasteiger partial charge in [-0.05, 0) is 49.0 Å². The summed E-state index contributed by atoms with van der Waals surface area (Å²) < 4.78 is 0. The highest BCUT2D eigenvalue weighted by Crippen LogP contribution is 2.07. The number of nitrogens with zero attached hydrogens (tertiary/aromatic N) is 2. The number of hydrogen-bond donors (Lipinski definition) is 4. The van der Waals surface area contributed by atoms with Crippen molar-refractivity contribution in [1.29, 1.82) is 0 Å². The zero-order valence-electron chi connectivity index (χ0n) is 13.2. The quantitative estimate of drug-likeness (QED) is 0.420. The molecule has 0 spiro atoms. The molecule has 3 rings (SSSR count). The number of anilines is 2. The van der Waals surface area contributed by atoms with Gasteiger partial charge in [-0.1, -0.05) is 35.3 Å². The van der Waals surface area contributed by atoms with Crippen molar-refractivity contribution in [1.82, 2.24) is 15.3 Å². The third kappa shape index (κ3) is 8.99. The number of halogens is 2. The molecule has 128 valence electrons. The van der Waals surface area contributed by atoms with E-state index in [1.165, 1.54) is 6.20 Å². The summed E-state index contributed by atoms with van der Waals surface area (Å²) >= 11 is 11.1. The Morgan fingerprint density at radius 2 is 1.62 bits per heavy atom. The molecule has 1 unspecified atom stereocenters. The number of hydrogen-bond acceptors (Lipinski definition) is 6. The second-order valence-electron chi connectivity index (χ2n) is 4.79. The molecule has 8 heteroatoms. The standard InChI is InChI=1S/C6H8N2.C5H5ClN2.C5H7ClN2/c1-5-2-3-6(7)8-4-5;6-4-1-2-5(7)8-3-4;6-5(7)3-1-2-4-8-5/h2-4H,1H3,(H2,7,8);1-3H,(H2,7,8);1-4,8H,7H2. The smallest absolute Gasteiger partial charge is 0.183 e. The Morgan fingerprint density at radius 1 is 1.00 bits per heavy atom. The van der Waals surface area contributed by atoms with Gasteiger partial charge in [0.25, 0.3) is 0 Å². The number of rotatable bonds is 0. The Balaban J connectivity index is 0.000000180. The normalized spacial score (nSPS) is 17.7. The number of allylic oxidation sites excluding steroid dienone is 2. The highest BCUT2D eigenvalue weighted by molar-refractivity contribution is 6.30. The number of aromatic nitrogens is 2. The molecule has 2 aromatic rings. The lowest BCUT2D eigenvalue weighted by molar-refractivity contribution is 0.653. The Bertz CT molecular complexity index is 580. The van der Waals surface area contributed by atoms with E-state index < -0.39 is 5.12 Å². The van der Waals surface area contributed by atoms with Gasteiger partial charge in [-0.15, -0.1) is 0 Å². The van der Waals surface area contributed by atoms with Gasteiger partial charge >= 0.3 is 0 Å². The maximum absolute atomic E-state index is 5.60. The van der Waals surface area contributed by atoms with E-state index in [-0.39, 0.29) is 0 Å². The van der Waals surface area contributed by atoms with Crippen molar-refractivity contribution in [3.63, 3.8) is 0 Å². The third-order valence-electron chi connectivity index (χ3n) is 2.54. The Kier molecular flexibility index (Phi) is 8.05. The second kappa shape index (κ2) is 9.77. The Labute approximate surface area is 151 Å². The van der Waals surface area contributed by atoms with Gasteiger partial charge in [0.05, 0.1) is 5.02 Å². The van der Waals surface area contributed by atoms with Crippen molar-refractivity contribution in [2.45, 2.75) is 12.0 Å². The van der Waals surface area contributed by atoms with E-state index in [1.54, 1.807) is 42.7 Å². The largest absolute Gasteiger partial charge is 0.384 e. The van der Waals surface area contributed by atoms with Crippen molar-refractivity contribution >= 4 is 34.8 Å². The molecule has 0 fully saturated rings. The molecule has 0 saturated carbocycles. The van der Waals surface area contributed by atoms with Crippen molar-refractivity contribution < 1.29 is 0 Å². The molecule has 1 aliphatic heterocycles. The molecule has 0 radical (unpaired) electrons. The van der Waals surface area contributed by atoms with Crippen LogP contribution in [0.2, 0.25) is 5.02 Å². The minimum atomic E-state index is -0.866. The number of aryl methyl sites for hydroxylation is 1. The molecule has 0 amide bonds. The lowest BCUT2D eigenvalue weighted by atomic mass is 10.3. The van der Waals surface area contributed by atoms with E-state index in [0.29, 0.717) is 16.7 Å². The maximum Gasteiger partial charge on any atom is 0.183 e. The topological polar surface area (TPSA) is 116 Å². The molecule has 1 atom stereocenters. The van der Waals surface area contributed by atoms with Crippen LogP contribution in [0.4, 0.5) is 11.6 Å². The highest BCUT2D eigenvalue weighted by Gasteiger charge is 2.14. The van der Waals surface area contributed by atoms with Crippen LogP contribution in [-0.4, -0.2) is 15.1 Å². The first-order chi connectivity index (χ1) is 11.3. The van der Waals surface area contributed by atoms with Gasteiger partial charge in [0.1, 0.15) is 11.6 Å². The molecule has 2 aromatic heterocycles. The fourth-order valence-electron chi connectivity index (χ4n) is 1.34. The Morgan fingerprint density at radius 3 is 1.92 bits per heavy atom. The Hall–Kier alpha value is -2.28. The van der Waals surface area contributed by atoms with Crippen LogP contribution in [0, 0.1) is 6.92 Å². The van der Waals surface area contributed by atoms with Crippen LogP contribution in [0.1, 0.15) is 5.56 Å².